The smallest absolute Gasteiger partial charge is 0.308 e. The maximum absolute atomic E-state index is 12.7. The second kappa shape index (κ2) is 8.77. The minimum atomic E-state index is -4.51. The number of carbonyl (C=O) groups is 1. The van der Waals surface area contributed by atoms with Crippen molar-refractivity contribution in [1.29, 1.82) is 0 Å². The second-order valence-corrected chi connectivity index (χ2v) is 7.29. The lowest BCUT2D eigenvalue weighted by molar-refractivity contribution is -0.137. The van der Waals surface area contributed by atoms with Gasteiger partial charge in [-0.2, -0.15) is 22.9 Å². The summed E-state index contributed by atoms with van der Waals surface area (Å²) in [6.07, 6.45) is -4.51. The van der Waals surface area contributed by atoms with E-state index in [0.717, 1.165) is 17.2 Å². The number of carbonyl (C=O) groups excluding carboxylic acids is 1. The van der Waals surface area contributed by atoms with Crippen molar-refractivity contribution in [3.05, 3.63) is 29.8 Å². The summed E-state index contributed by atoms with van der Waals surface area (Å²) >= 11 is 5.10. The lowest BCUT2D eigenvalue weighted by Gasteiger charge is -2.25. The van der Waals surface area contributed by atoms with Gasteiger partial charge in [-0.3, -0.25) is 0 Å². The maximum atomic E-state index is 12.7. The molecule has 0 aliphatic rings. The van der Waals surface area contributed by atoms with Gasteiger partial charge in [0.2, 0.25) is 0 Å². The van der Waals surface area contributed by atoms with Crippen molar-refractivity contribution in [3.63, 3.8) is 0 Å². The van der Waals surface area contributed by atoms with E-state index in [0.29, 0.717) is 0 Å². The molecule has 0 unspecified atom stereocenters. The van der Waals surface area contributed by atoms with E-state index in [1.54, 1.807) is 13.8 Å². The highest BCUT2D eigenvalue weighted by Crippen LogP contribution is 2.50. The minimum absolute atomic E-state index is 0.0357. The molecular formula is C13H18F3N2O4PS. The second-order valence-electron chi connectivity index (χ2n) is 4.37. The van der Waals surface area contributed by atoms with E-state index in [9.17, 15) is 18.0 Å². The van der Waals surface area contributed by atoms with Crippen LogP contribution in [0.2, 0.25) is 0 Å². The average Bonchev–Trinajstić information content (AvgIpc) is 2.46. The van der Waals surface area contributed by atoms with Crippen LogP contribution >= 0.6 is 6.72 Å². The Bertz CT molecular complexity index is 605. The van der Waals surface area contributed by atoms with Gasteiger partial charge in [-0.15, -0.1) is 0 Å². The monoisotopic (exact) mass is 386 g/mol. The first kappa shape index (κ1) is 20.9. The van der Waals surface area contributed by atoms with E-state index in [4.69, 9.17) is 25.5 Å². The number of alkyl halides is 3. The third-order valence-corrected chi connectivity index (χ3v) is 4.95. The number of halogens is 3. The molecule has 0 atom stereocenters. The Hall–Kier alpha value is -1.19. The molecule has 1 aromatic rings. The van der Waals surface area contributed by atoms with Crippen LogP contribution in [0, 0.1) is 0 Å². The van der Waals surface area contributed by atoms with Crippen LogP contribution in [0.5, 0.6) is 0 Å². The van der Waals surface area contributed by atoms with Gasteiger partial charge in [0.05, 0.1) is 18.8 Å². The highest BCUT2D eigenvalue weighted by Gasteiger charge is 2.31. The molecular weight excluding hydrogens is 368 g/mol. The van der Waals surface area contributed by atoms with Crippen molar-refractivity contribution in [2.75, 3.05) is 25.6 Å². The lowest BCUT2D eigenvalue weighted by atomic mass is 10.2. The zero-order valence-corrected chi connectivity index (χ0v) is 15.0. The van der Waals surface area contributed by atoms with Crippen LogP contribution in [0.15, 0.2) is 24.3 Å². The van der Waals surface area contributed by atoms with E-state index < -0.39 is 24.5 Å². The molecule has 0 aliphatic heterocycles. The number of benzene rings is 1. The first-order valence-corrected chi connectivity index (χ1v) is 9.47. The molecule has 0 fully saturated rings. The first-order chi connectivity index (χ1) is 11.1. The van der Waals surface area contributed by atoms with Crippen LogP contribution in [-0.2, 0) is 31.7 Å². The van der Waals surface area contributed by atoms with Crippen molar-refractivity contribution in [3.8, 4) is 0 Å². The van der Waals surface area contributed by atoms with E-state index in [1.165, 1.54) is 19.2 Å². The summed E-state index contributed by atoms with van der Waals surface area (Å²) < 4.78 is 53.7. The average molecular weight is 386 g/mol. The fraction of sp³-hybridized carbons (Fsp3) is 0.462. The Morgan fingerprint density at radius 1 is 1.29 bits per heavy atom. The van der Waals surface area contributed by atoms with Crippen LogP contribution in [0.4, 0.5) is 23.7 Å². The molecule has 0 saturated carbocycles. The molecule has 6 nitrogen and oxygen atoms in total. The Labute approximate surface area is 143 Å². The molecule has 11 heteroatoms. The Kier molecular flexibility index (Phi) is 7.62. The summed E-state index contributed by atoms with van der Waals surface area (Å²) in [5.74, 6) is 0. The van der Waals surface area contributed by atoms with Crippen LogP contribution < -0.4 is 5.32 Å². The zero-order chi connectivity index (χ0) is 18.4. The quantitative estimate of drug-likeness (QED) is 0.556. The number of hydrogen-bond acceptors (Lipinski definition) is 5. The van der Waals surface area contributed by atoms with Gasteiger partial charge in [-0.05, 0) is 43.9 Å². The minimum Gasteiger partial charge on any atom is -0.308 e. The molecule has 0 radical (unpaired) electrons. The van der Waals surface area contributed by atoms with Gasteiger partial charge in [-0.1, -0.05) is 6.07 Å². The lowest BCUT2D eigenvalue weighted by Crippen LogP contribution is -2.31. The molecule has 0 spiro atoms. The van der Waals surface area contributed by atoms with Crippen molar-refractivity contribution >= 4 is 30.2 Å². The maximum Gasteiger partial charge on any atom is 0.416 e. The van der Waals surface area contributed by atoms with Crippen molar-refractivity contribution in [2.24, 2.45) is 0 Å². The van der Waals surface area contributed by atoms with E-state index in [1.807, 2.05) is 0 Å². The molecule has 0 heterocycles. The summed E-state index contributed by atoms with van der Waals surface area (Å²) in [5.41, 5.74) is -0.913. The molecule has 0 bridgehead atoms. The van der Waals surface area contributed by atoms with Crippen molar-refractivity contribution in [1.82, 2.24) is 5.06 Å². The summed E-state index contributed by atoms with van der Waals surface area (Å²) in [6.45, 7) is 0.667. The molecule has 0 aromatic heterocycles. The number of hydrogen-bond donors (Lipinski definition) is 1. The van der Waals surface area contributed by atoms with Gasteiger partial charge in [0, 0.05) is 12.7 Å². The molecule has 1 aromatic carbocycles. The number of nitrogens with zero attached hydrogens (tertiary/aromatic N) is 1. The highest BCUT2D eigenvalue weighted by molar-refractivity contribution is 8.07. The van der Waals surface area contributed by atoms with Crippen LogP contribution in [0.25, 0.3) is 0 Å². The standard InChI is InChI=1S/C13H18F3N2O4PS/c1-4-20-23(24,21-5-2)22-18(3)12(19)17-11-8-6-7-10(9-11)13(14,15)16/h6-9H,4-5H2,1-3H3,(H,17,19). The predicted octanol–water partition coefficient (Wildman–Crippen LogP) is 4.40. The van der Waals surface area contributed by atoms with Gasteiger partial charge in [0.1, 0.15) is 0 Å². The van der Waals surface area contributed by atoms with E-state index in [2.05, 4.69) is 5.32 Å². The Morgan fingerprint density at radius 2 is 1.88 bits per heavy atom. The molecule has 0 aliphatic carbocycles. The zero-order valence-electron chi connectivity index (χ0n) is 13.3. The number of hydroxylamine groups is 2. The van der Waals surface area contributed by atoms with Gasteiger partial charge in [-0.25, -0.2) is 4.79 Å². The SMILES string of the molecule is CCOP(=S)(OCC)ON(C)C(=O)Nc1cccc(C(F)(F)F)c1. The third-order valence-electron chi connectivity index (χ3n) is 2.52. The van der Waals surface area contributed by atoms with Crippen LogP contribution in [0.1, 0.15) is 19.4 Å². The molecule has 2 amide bonds. The molecule has 1 N–H and O–H groups in total. The Morgan fingerprint density at radius 3 is 2.38 bits per heavy atom. The van der Waals surface area contributed by atoms with Gasteiger partial charge < -0.3 is 14.4 Å². The molecule has 24 heavy (non-hydrogen) atoms. The number of rotatable bonds is 7. The molecule has 0 saturated heterocycles. The molecule has 136 valence electrons. The topological polar surface area (TPSA) is 60.0 Å². The summed E-state index contributed by atoms with van der Waals surface area (Å²) in [6, 6.07) is 3.40. The van der Waals surface area contributed by atoms with E-state index >= 15 is 0 Å². The molecule has 1 rings (SSSR count). The summed E-state index contributed by atoms with van der Waals surface area (Å²) in [4.78, 5) is 12.0. The number of amides is 2. The highest BCUT2D eigenvalue weighted by atomic mass is 32.5. The van der Waals surface area contributed by atoms with Crippen molar-refractivity contribution < 1.29 is 31.6 Å². The van der Waals surface area contributed by atoms with Crippen molar-refractivity contribution in [2.45, 2.75) is 20.0 Å². The van der Waals surface area contributed by atoms with Gasteiger partial charge >= 0.3 is 18.9 Å². The number of anilines is 1. The number of nitrogens with one attached hydrogen (secondary N) is 1. The largest absolute Gasteiger partial charge is 0.416 e. The van der Waals surface area contributed by atoms with Gasteiger partial charge in [0.15, 0.2) is 0 Å². The van der Waals surface area contributed by atoms with Gasteiger partial charge in [0.25, 0.3) is 0 Å². The van der Waals surface area contributed by atoms with Crippen LogP contribution in [-0.4, -0.2) is 31.4 Å². The van der Waals surface area contributed by atoms with E-state index in [-0.39, 0.29) is 18.9 Å². The third kappa shape index (κ3) is 6.37. The van der Waals surface area contributed by atoms with Crippen LogP contribution in [0.3, 0.4) is 0 Å². The Balaban J connectivity index is 2.78. The fourth-order valence-corrected chi connectivity index (χ4v) is 3.67. The summed E-state index contributed by atoms with van der Waals surface area (Å²) in [5, 5.41) is 3.03. The summed E-state index contributed by atoms with van der Waals surface area (Å²) in [7, 11) is 1.25. The number of urea groups is 1. The fourth-order valence-electron chi connectivity index (χ4n) is 1.56. The first-order valence-electron chi connectivity index (χ1n) is 6.92. The normalized spacial score (nSPS) is 12.1. The predicted molar refractivity (Wildman–Crippen MR) is 86.8 cm³/mol.